The van der Waals surface area contributed by atoms with E-state index in [0.29, 0.717) is 6.61 Å². The molecule has 29 heavy (non-hydrogen) atoms. The van der Waals surface area contributed by atoms with Crippen molar-refractivity contribution in [3.8, 4) is 11.5 Å². The molecular weight excluding hydrogens is 384 g/mol. The molecule has 0 bridgehead atoms. The molecule has 1 aromatic heterocycles. The zero-order valence-corrected chi connectivity index (χ0v) is 17.1. The monoisotopic (exact) mass is 406 g/mol. The Morgan fingerprint density at radius 2 is 1.72 bits per heavy atom. The van der Waals surface area contributed by atoms with E-state index in [-0.39, 0.29) is 0 Å². The predicted molar refractivity (Wildman–Crippen MR) is 117 cm³/mol. The molecule has 0 unspecified atom stereocenters. The van der Waals surface area contributed by atoms with Crippen LogP contribution in [-0.2, 0) is 13.0 Å². The Kier molecular flexibility index (Phi) is 6.01. The highest BCUT2D eigenvalue weighted by Gasteiger charge is 2.11. The molecule has 0 atom stereocenters. The summed E-state index contributed by atoms with van der Waals surface area (Å²) in [5, 5.41) is 0.747. The maximum absolute atomic E-state index is 6.02. The fourth-order valence-corrected chi connectivity index (χ4v) is 3.52. The molecule has 4 aromatic rings. The minimum Gasteiger partial charge on any atom is -0.497 e. The molecule has 0 aliphatic heterocycles. The van der Waals surface area contributed by atoms with E-state index in [9.17, 15) is 0 Å². The number of aromatic nitrogens is 2. The minimum absolute atomic E-state index is 0.625. The minimum atomic E-state index is 0.625. The van der Waals surface area contributed by atoms with Gasteiger partial charge in [-0.15, -0.1) is 0 Å². The van der Waals surface area contributed by atoms with Gasteiger partial charge in [-0.05, 0) is 48.4 Å². The lowest BCUT2D eigenvalue weighted by atomic mass is 10.1. The van der Waals surface area contributed by atoms with E-state index in [1.165, 1.54) is 5.56 Å². The summed E-state index contributed by atoms with van der Waals surface area (Å²) in [4.78, 5) is 4.86. The number of hydrogen-bond donors (Lipinski definition) is 0. The van der Waals surface area contributed by atoms with Gasteiger partial charge in [0.2, 0.25) is 0 Å². The van der Waals surface area contributed by atoms with Crippen molar-refractivity contribution in [3.05, 3.63) is 89.2 Å². The van der Waals surface area contributed by atoms with Crippen molar-refractivity contribution in [2.24, 2.45) is 0 Å². The number of fused-ring (bicyclic) bond motifs is 1. The van der Waals surface area contributed by atoms with Gasteiger partial charge in [0.1, 0.15) is 17.3 Å². The van der Waals surface area contributed by atoms with Crippen LogP contribution in [0.5, 0.6) is 11.5 Å². The van der Waals surface area contributed by atoms with Crippen LogP contribution < -0.4 is 9.47 Å². The van der Waals surface area contributed by atoms with Crippen LogP contribution in [0, 0.1) is 0 Å². The third kappa shape index (κ3) is 4.72. The molecule has 0 fully saturated rings. The van der Waals surface area contributed by atoms with Gasteiger partial charge < -0.3 is 14.0 Å². The van der Waals surface area contributed by atoms with Crippen molar-refractivity contribution >= 4 is 22.6 Å². The number of para-hydroxylation sites is 2. The van der Waals surface area contributed by atoms with Crippen molar-refractivity contribution < 1.29 is 9.47 Å². The van der Waals surface area contributed by atoms with E-state index in [2.05, 4.69) is 34.9 Å². The molecule has 3 aromatic carbocycles. The molecule has 1 heterocycles. The van der Waals surface area contributed by atoms with Crippen LogP contribution in [0.4, 0.5) is 0 Å². The Morgan fingerprint density at radius 3 is 2.55 bits per heavy atom. The van der Waals surface area contributed by atoms with Crippen molar-refractivity contribution in [1.82, 2.24) is 9.55 Å². The summed E-state index contributed by atoms with van der Waals surface area (Å²) in [6, 6.07) is 23.9. The normalized spacial score (nSPS) is 11.0. The lowest BCUT2D eigenvalue weighted by Crippen LogP contribution is -2.08. The van der Waals surface area contributed by atoms with E-state index in [4.69, 9.17) is 26.1 Å². The lowest BCUT2D eigenvalue weighted by molar-refractivity contribution is 0.299. The molecular formula is C24H23ClN2O2. The average Bonchev–Trinajstić information content (AvgIpc) is 3.10. The van der Waals surface area contributed by atoms with Gasteiger partial charge in [-0.25, -0.2) is 4.98 Å². The fourth-order valence-electron chi connectivity index (χ4n) is 3.40. The molecule has 148 valence electrons. The molecule has 0 saturated carbocycles. The van der Waals surface area contributed by atoms with Crippen LogP contribution in [0.3, 0.4) is 0 Å². The largest absolute Gasteiger partial charge is 0.497 e. The number of imidazole rings is 1. The number of rotatable bonds is 8. The summed E-state index contributed by atoms with van der Waals surface area (Å²) < 4.78 is 13.4. The smallest absolute Gasteiger partial charge is 0.122 e. The van der Waals surface area contributed by atoms with Crippen molar-refractivity contribution in [1.29, 1.82) is 0 Å². The summed E-state index contributed by atoms with van der Waals surface area (Å²) in [5.41, 5.74) is 3.36. The predicted octanol–water partition coefficient (Wildman–Crippen LogP) is 5.76. The van der Waals surface area contributed by atoms with Gasteiger partial charge in [-0.3, -0.25) is 0 Å². The zero-order valence-electron chi connectivity index (χ0n) is 16.3. The van der Waals surface area contributed by atoms with Crippen LogP contribution in [-0.4, -0.2) is 23.3 Å². The maximum Gasteiger partial charge on any atom is 0.122 e. The van der Waals surface area contributed by atoms with Crippen LogP contribution in [0.15, 0.2) is 72.8 Å². The number of halogens is 1. The molecule has 0 aliphatic carbocycles. The van der Waals surface area contributed by atoms with E-state index < -0.39 is 0 Å². The van der Waals surface area contributed by atoms with Crippen molar-refractivity contribution in [2.45, 2.75) is 19.4 Å². The molecule has 4 nitrogen and oxygen atoms in total. The van der Waals surface area contributed by atoms with E-state index >= 15 is 0 Å². The highest BCUT2D eigenvalue weighted by Crippen LogP contribution is 2.21. The second-order valence-electron chi connectivity index (χ2n) is 6.85. The highest BCUT2D eigenvalue weighted by atomic mass is 35.5. The molecule has 0 N–H and O–H groups in total. The second-order valence-corrected chi connectivity index (χ2v) is 7.29. The molecule has 0 radical (unpaired) electrons. The maximum atomic E-state index is 6.02. The Bertz CT molecular complexity index is 1090. The summed E-state index contributed by atoms with van der Waals surface area (Å²) in [7, 11) is 1.66. The van der Waals surface area contributed by atoms with Crippen LogP contribution >= 0.6 is 11.6 Å². The third-order valence-electron chi connectivity index (χ3n) is 4.85. The molecule has 5 heteroatoms. The van der Waals surface area contributed by atoms with Crippen LogP contribution in [0.25, 0.3) is 11.0 Å². The van der Waals surface area contributed by atoms with Gasteiger partial charge in [0.25, 0.3) is 0 Å². The molecule has 0 saturated heterocycles. The van der Waals surface area contributed by atoms with Crippen molar-refractivity contribution in [2.75, 3.05) is 13.7 Å². The van der Waals surface area contributed by atoms with Gasteiger partial charge in [0.15, 0.2) is 0 Å². The van der Waals surface area contributed by atoms with Gasteiger partial charge in [0, 0.05) is 24.1 Å². The number of ether oxygens (including phenoxy) is 2. The van der Waals surface area contributed by atoms with Crippen LogP contribution in [0.2, 0.25) is 5.02 Å². The van der Waals surface area contributed by atoms with Crippen molar-refractivity contribution in [3.63, 3.8) is 0 Å². The third-order valence-corrected chi connectivity index (χ3v) is 5.10. The summed E-state index contributed by atoms with van der Waals surface area (Å²) in [6.07, 6.45) is 1.65. The first-order valence-corrected chi connectivity index (χ1v) is 10.1. The summed E-state index contributed by atoms with van der Waals surface area (Å²) >= 11 is 6.02. The molecule has 0 spiro atoms. The topological polar surface area (TPSA) is 36.3 Å². The van der Waals surface area contributed by atoms with Gasteiger partial charge >= 0.3 is 0 Å². The Balaban J connectivity index is 1.47. The van der Waals surface area contributed by atoms with E-state index in [1.54, 1.807) is 7.11 Å². The number of nitrogens with zero attached hydrogens (tertiary/aromatic N) is 2. The van der Waals surface area contributed by atoms with Gasteiger partial charge in [0.05, 0.1) is 24.8 Å². The fraction of sp³-hybridized carbons (Fsp3) is 0.208. The number of hydrogen-bond acceptors (Lipinski definition) is 3. The standard InChI is InChI=1S/C24H23ClN2O2/c1-28-20-6-4-7-21(17-20)29-15-5-14-27-23-9-3-2-8-22(23)26-24(27)16-18-10-12-19(25)13-11-18/h2-4,6-13,17H,5,14-16H2,1H3. The Hall–Kier alpha value is -2.98. The zero-order chi connectivity index (χ0) is 20.1. The summed E-state index contributed by atoms with van der Waals surface area (Å²) in [6.45, 7) is 1.47. The molecule has 0 amide bonds. The highest BCUT2D eigenvalue weighted by molar-refractivity contribution is 6.30. The van der Waals surface area contributed by atoms with E-state index in [1.807, 2.05) is 42.5 Å². The second kappa shape index (κ2) is 9.01. The Morgan fingerprint density at radius 1 is 0.931 bits per heavy atom. The Labute approximate surface area is 175 Å². The van der Waals surface area contributed by atoms with E-state index in [0.717, 1.165) is 52.8 Å². The SMILES string of the molecule is COc1cccc(OCCCn2c(Cc3ccc(Cl)cc3)nc3ccccc32)c1. The molecule has 4 rings (SSSR count). The number of aryl methyl sites for hydroxylation is 1. The number of benzene rings is 3. The quantitative estimate of drug-likeness (QED) is 0.349. The summed E-state index contributed by atoms with van der Waals surface area (Å²) in [5.74, 6) is 2.67. The number of methoxy groups -OCH3 is 1. The van der Waals surface area contributed by atoms with Gasteiger partial charge in [-0.1, -0.05) is 41.9 Å². The molecule has 0 aliphatic rings. The van der Waals surface area contributed by atoms with Crippen LogP contribution in [0.1, 0.15) is 17.8 Å². The average molecular weight is 407 g/mol. The first kappa shape index (κ1) is 19.3. The first-order valence-electron chi connectivity index (χ1n) is 9.68. The first-order chi connectivity index (χ1) is 14.2. The van der Waals surface area contributed by atoms with Gasteiger partial charge in [-0.2, -0.15) is 0 Å². The lowest BCUT2D eigenvalue weighted by Gasteiger charge is -2.11.